The van der Waals surface area contributed by atoms with Crippen LogP contribution in [0.25, 0.3) is 0 Å². The largest absolute Gasteiger partial charge is 0.369 e. The fourth-order valence-corrected chi connectivity index (χ4v) is 5.36. The van der Waals surface area contributed by atoms with Crippen molar-refractivity contribution in [1.29, 1.82) is 0 Å². The fourth-order valence-electron chi connectivity index (χ4n) is 3.39. The molecular weight excluding hydrogens is 380 g/mol. The van der Waals surface area contributed by atoms with E-state index in [0.29, 0.717) is 6.54 Å². The number of piperidine rings is 1. The van der Waals surface area contributed by atoms with Crippen LogP contribution in [0.3, 0.4) is 0 Å². The Balaban J connectivity index is 0.00000182. The van der Waals surface area contributed by atoms with E-state index >= 15 is 0 Å². The molecule has 25 heavy (non-hydrogen) atoms. The van der Waals surface area contributed by atoms with Gasteiger partial charge in [-0.3, -0.25) is 4.79 Å². The maximum atomic E-state index is 12.5. The van der Waals surface area contributed by atoms with E-state index in [1.807, 2.05) is 13.0 Å². The predicted octanol–water partition coefficient (Wildman–Crippen LogP) is 2.41. The van der Waals surface area contributed by atoms with Crippen LogP contribution < -0.4 is 10.6 Å². The number of rotatable bonds is 3. The molecule has 0 saturated carbocycles. The molecule has 2 aromatic heterocycles. The molecule has 2 aliphatic rings. The normalized spacial score (nSPS) is 18.4. The third-order valence-electron chi connectivity index (χ3n) is 4.58. The van der Waals surface area contributed by atoms with Crippen molar-refractivity contribution in [2.75, 3.05) is 19.7 Å². The third-order valence-corrected chi connectivity index (χ3v) is 6.78. The number of hydrogen-bond acceptors (Lipinski definition) is 7. The highest BCUT2D eigenvalue weighted by Gasteiger charge is 2.41. The molecule has 2 aliphatic heterocycles. The maximum Gasteiger partial charge on any atom is 0.261 e. The minimum atomic E-state index is -0.182. The lowest BCUT2D eigenvalue weighted by Crippen LogP contribution is -2.43. The second-order valence-corrected chi connectivity index (χ2v) is 8.52. The minimum absolute atomic E-state index is 0. The van der Waals surface area contributed by atoms with Gasteiger partial charge >= 0.3 is 0 Å². The molecule has 0 aromatic carbocycles. The number of carbonyl (C=O) groups is 1. The number of halogens is 1. The number of thiophene rings is 1. The van der Waals surface area contributed by atoms with Gasteiger partial charge in [-0.1, -0.05) is 11.3 Å². The third kappa shape index (κ3) is 3.73. The number of carbonyl (C=O) groups excluding carboxylic acids is 1. The number of nitrogens with one attached hydrogen (secondary N) is 2. The summed E-state index contributed by atoms with van der Waals surface area (Å²) in [7, 11) is 0. The molecule has 9 heteroatoms. The van der Waals surface area contributed by atoms with Gasteiger partial charge in [-0.05, 0) is 50.9 Å². The van der Waals surface area contributed by atoms with Crippen molar-refractivity contribution < 1.29 is 9.53 Å². The number of aromatic nitrogens is 2. The Kier molecular flexibility index (Phi) is 5.75. The van der Waals surface area contributed by atoms with E-state index in [0.717, 1.165) is 53.9 Å². The summed E-state index contributed by atoms with van der Waals surface area (Å²) in [6.45, 7) is 5.02. The summed E-state index contributed by atoms with van der Waals surface area (Å²) < 4.78 is 6.18. The first-order valence-corrected chi connectivity index (χ1v) is 9.85. The molecule has 0 atom stereocenters. The Morgan fingerprint density at radius 3 is 2.88 bits per heavy atom. The van der Waals surface area contributed by atoms with E-state index in [2.05, 4.69) is 20.8 Å². The summed E-state index contributed by atoms with van der Waals surface area (Å²) >= 11 is 3.10. The average molecular weight is 401 g/mol. The van der Waals surface area contributed by atoms with Gasteiger partial charge < -0.3 is 15.4 Å². The number of hydrogen-bond donors (Lipinski definition) is 2. The Morgan fingerprint density at radius 1 is 1.36 bits per heavy atom. The van der Waals surface area contributed by atoms with Gasteiger partial charge in [-0.25, -0.2) is 0 Å². The van der Waals surface area contributed by atoms with Gasteiger partial charge in [-0.2, -0.15) is 0 Å². The van der Waals surface area contributed by atoms with Crippen LogP contribution in [0, 0.1) is 6.92 Å². The van der Waals surface area contributed by atoms with Crippen LogP contribution in [-0.4, -0.2) is 35.8 Å². The molecule has 0 aliphatic carbocycles. The molecule has 136 valence electrons. The van der Waals surface area contributed by atoms with Crippen LogP contribution in [0.5, 0.6) is 0 Å². The zero-order chi connectivity index (χ0) is 16.6. The van der Waals surface area contributed by atoms with Crippen LogP contribution in [0.2, 0.25) is 0 Å². The van der Waals surface area contributed by atoms with Gasteiger partial charge in [0.05, 0.1) is 18.0 Å². The van der Waals surface area contributed by atoms with E-state index in [1.54, 1.807) is 11.3 Å². The highest BCUT2D eigenvalue weighted by Crippen LogP contribution is 2.44. The van der Waals surface area contributed by atoms with Crippen molar-refractivity contribution in [2.45, 2.75) is 38.3 Å². The molecule has 2 N–H and O–H groups in total. The molecule has 4 heterocycles. The zero-order valence-corrected chi connectivity index (χ0v) is 16.4. The Labute approximate surface area is 160 Å². The maximum absolute atomic E-state index is 12.5. The van der Waals surface area contributed by atoms with Crippen LogP contribution in [-0.2, 0) is 23.3 Å². The lowest BCUT2D eigenvalue weighted by Gasteiger charge is -2.40. The van der Waals surface area contributed by atoms with Crippen molar-refractivity contribution in [3.63, 3.8) is 0 Å². The quantitative estimate of drug-likeness (QED) is 0.827. The second kappa shape index (κ2) is 7.67. The summed E-state index contributed by atoms with van der Waals surface area (Å²) in [5.74, 6) is -0.0358. The van der Waals surface area contributed by atoms with Gasteiger partial charge in [0.15, 0.2) is 0 Å². The topological polar surface area (TPSA) is 76.1 Å². The van der Waals surface area contributed by atoms with E-state index < -0.39 is 0 Å². The Bertz CT molecular complexity index is 755. The van der Waals surface area contributed by atoms with Crippen molar-refractivity contribution in [3.8, 4) is 0 Å². The van der Waals surface area contributed by atoms with E-state index in [4.69, 9.17) is 4.74 Å². The van der Waals surface area contributed by atoms with Gasteiger partial charge in [0.2, 0.25) is 0 Å². The van der Waals surface area contributed by atoms with Crippen LogP contribution in [0.4, 0.5) is 0 Å². The molecule has 0 radical (unpaired) electrons. The van der Waals surface area contributed by atoms with Crippen LogP contribution in [0.1, 0.15) is 43.0 Å². The SMILES string of the molecule is Cc1nnc(CNC(=O)c2cc3c(s2)C2(CCNCC2)OCC3)s1.Cl. The molecule has 0 bridgehead atoms. The summed E-state index contributed by atoms with van der Waals surface area (Å²) in [4.78, 5) is 14.5. The van der Waals surface area contributed by atoms with Crippen molar-refractivity contribution in [3.05, 3.63) is 31.4 Å². The molecule has 1 fully saturated rings. The number of nitrogens with zero attached hydrogens (tertiary/aromatic N) is 2. The fraction of sp³-hybridized carbons (Fsp3) is 0.562. The summed E-state index contributed by atoms with van der Waals surface area (Å²) in [6, 6.07) is 2.05. The second-order valence-electron chi connectivity index (χ2n) is 6.21. The number of amides is 1. The Hall–Kier alpha value is -1.06. The van der Waals surface area contributed by atoms with E-state index in [-0.39, 0.29) is 23.9 Å². The molecule has 0 unspecified atom stereocenters. The van der Waals surface area contributed by atoms with Crippen molar-refractivity contribution in [1.82, 2.24) is 20.8 Å². The molecule has 1 saturated heterocycles. The van der Waals surface area contributed by atoms with Gasteiger partial charge in [0.25, 0.3) is 5.91 Å². The number of fused-ring (bicyclic) bond motifs is 2. The van der Waals surface area contributed by atoms with E-state index in [9.17, 15) is 4.79 Å². The van der Waals surface area contributed by atoms with E-state index in [1.165, 1.54) is 21.8 Å². The first-order valence-electron chi connectivity index (χ1n) is 8.21. The van der Waals surface area contributed by atoms with Gasteiger partial charge in [-0.15, -0.1) is 33.9 Å². The Morgan fingerprint density at radius 2 is 2.16 bits per heavy atom. The smallest absolute Gasteiger partial charge is 0.261 e. The van der Waals surface area contributed by atoms with Crippen LogP contribution >= 0.6 is 35.1 Å². The number of aryl methyl sites for hydroxylation is 1. The minimum Gasteiger partial charge on any atom is -0.369 e. The predicted molar refractivity (Wildman–Crippen MR) is 101 cm³/mol. The molecular formula is C16H21ClN4O2S2. The first-order chi connectivity index (χ1) is 11.7. The average Bonchev–Trinajstić information content (AvgIpc) is 3.21. The number of ether oxygens (including phenoxy) is 1. The molecule has 1 amide bonds. The van der Waals surface area contributed by atoms with Crippen LogP contribution in [0.15, 0.2) is 6.07 Å². The monoisotopic (exact) mass is 400 g/mol. The lowest BCUT2D eigenvalue weighted by atomic mass is 9.86. The standard InChI is InChI=1S/C16H20N4O2S2.ClH/c1-10-19-20-13(23-10)9-18-15(21)12-8-11-2-7-22-16(14(11)24-12)3-5-17-6-4-16;/h8,17H,2-7,9H2,1H3,(H,18,21);1H. The summed E-state index contributed by atoms with van der Waals surface area (Å²) in [6.07, 6.45) is 2.85. The molecule has 2 aromatic rings. The summed E-state index contributed by atoms with van der Waals surface area (Å²) in [5, 5.41) is 16.1. The van der Waals surface area contributed by atoms with Crippen molar-refractivity contribution >= 4 is 41.0 Å². The zero-order valence-electron chi connectivity index (χ0n) is 14.0. The van der Waals surface area contributed by atoms with Crippen molar-refractivity contribution in [2.24, 2.45) is 0 Å². The first kappa shape index (κ1) is 18.7. The molecule has 6 nitrogen and oxygen atoms in total. The highest BCUT2D eigenvalue weighted by molar-refractivity contribution is 7.14. The van der Waals surface area contributed by atoms with Gasteiger partial charge in [0, 0.05) is 4.88 Å². The highest BCUT2D eigenvalue weighted by atomic mass is 35.5. The summed E-state index contributed by atoms with van der Waals surface area (Å²) in [5.41, 5.74) is 1.10. The lowest BCUT2D eigenvalue weighted by molar-refractivity contribution is -0.0771. The molecule has 1 spiro atoms. The molecule has 4 rings (SSSR count). The van der Waals surface area contributed by atoms with Gasteiger partial charge in [0.1, 0.15) is 15.6 Å².